The predicted molar refractivity (Wildman–Crippen MR) is 61.5 cm³/mol. The number of aromatic nitrogens is 2. The van der Waals surface area contributed by atoms with Gasteiger partial charge in [0.1, 0.15) is 11.6 Å². The van der Waals surface area contributed by atoms with Gasteiger partial charge in [-0.2, -0.15) is 5.10 Å². The van der Waals surface area contributed by atoms with E-state index in [1.807, 2.05) is 7.05 Å². The van der Waals surface area contributed by atoms with Gasteiger partial charge in [0.05, 0.1) is 17.9 Å². The summed E-state index contributed by atoms with van der Waals surface area (Å²) in [7, 11) is 1.81. The summed E-state index contributed by atoms with van der Waals surface area (Å²) in [6, 6.07) is 8.37. The molecule has 1 aromatic carbocycles. The summed E-state index contributed by atoms with van der Waals surface area (Å²) in [6.07, 6.45) is 0. The SMILES string of the molecule is CN(Cc1cc(N)n[nH]1)c1ccccc1F. The fourth-order valence-electron chi connectivity index (χ4n) is 1.56. The van der Waals surface area contributed by atoms with Gasteiger partial charge in [0, 0.05) is 13.1 Å². The quantitative estimate of drug-likeness (QED) is 0.828. The Morgan fingerprint density at radius 3 is 2.81 bits per heavy atom. The molecule has 0 aliphatic rings. The van der Waals surface area contributed by atoms with Crippen molar-refractivity contribution in [3.05, 3.63) is 41.8 Å². The number of nitrogens with one attached hydrogen (secondary N) is 1. The van der Waals surface area contributed by atoms with Crippen LogP contribution in [-0.2, 0) is 6.54 Å². The molecule has 0 bridgehead atoms. The van der Waals surface area contributed by atoms with Gasteiger partial charge in [0.15, 0.2) is 0 Å². The second-order valence-electron chi connectivity index (χ2n) is 3.63. The van der Waals surface area contributed by atoms with Crippen molar-refractivity contribution in [2.45, 2.75) is 6.54 Å². The largest absolute Gasteiger partial charge is 0.382 e. The minimum absolute atomic E-state index is 0.238. The number of anilines is 2. The topological polar surface area (TPSA) is 57.9 Å². The number of rotatable bonds is 3. The van der Waals surface area contributed by atoms with E-state index in [9.17, 15) is 4.39 Å². The van der Waals surface area contributed by atoms with Gasteiger partial charge in [-0.25, -0.2) is 4.39 Å². The number of hydrogen-bond donors (Lipinski definition) is 2. The molecule has 0 aliphatic carbocycles. The van der Waals surface area contributed by atoms with Crippen LogP contribution in [0.15, 0.2) is 30.3 Å². The van der Waals surface area contributed by atoms with Crippen LogP contribution >= 0.6 is 0 Å². The van der Waals surface area contributed by atoms with Crippen LogP contribution in [0.1, 0.15) is 5.69 Å². The summed E-state index contributed by atoms with van der Waals surface area (Å²) in [5.41, 5.74) is 6.89. The first-order chi connectivity index (χ1) is 7.66. The number of benzene rings is 1. The van der Waals surface area contributed by atoms with E-state index in [1.54, 1.807) is 29.2 Å². The molecule has 0 fully saturated rings. The molecule has 1 aromatic heterocycles. The summed E-state index contributed by atoms with van der Waals surface area (Å²) < 4.78 is 13.5. The minimum Gasteiger partial charge on any atom is -0.382 e. The second kappa shape index (κ2) is 4.22. The molecule has 0 radical (unpaired) electrons. The molecule has 0 aliphatic heterocycles. The van der Waals surface area contributed by atoms with Crippen molar-refractivity contribution in [2.24, 2.45) is 0 Å². The molecular formula is C11H13FN4. The Balaban J connectivity index is 2.14. The number of nitrogens with two attached hydrogens (primary N) is 1. The normalized spacial score (nSPS) is 10.4. The van der Waals surface area contributed by atoms with Crippen LogP contribution in [0.25, 0.3) is 0 Å². The van der Waals surface area contributed by atoms with Crippen molar-refractivity contribution < 1.29 is 4.39 Å². The van der Waals surface area contributed by atoms with Crippen LogP contribution < -0.4 is 10.6 Å². The molecule has 16 heavy (non-hydrogen) atoms. The zero-order chi connectivity index (χ0) is 11.5. The summed E-state index contributed by atoms with van der Waals surface area (Å²) in [5.74, 6) is 0.203. The van der Waals surface area contributed by atoms with Crippen molar-refractivity contribution >= 4 is 11.5 Å². The number of H-pyrrole nitrogens is 1. The molecule has 0 saturated carbocycles. The van der Waals surface area contributed by atoms with Gasteiger partial charge in [-0.15, -0.1) is 0 Å². The summed E-state index contributed by atoms with van der Waals surface area (Å²) >= 11 is 0. The Labute approximate surface area is 92.9 Å². The molecule has 0 atom stereocenters. The fourth-order valence-corrected chi connectivity index (χ4v) is 1.56. The van der Waals surface area contributed by atoms with Gasteiger partial charge >= 0.3 is 0 Å². The maximum Gasteiger partial charge on any atom is 0.146 e. The first kappa shape index (κ1) is 10.5. The highest BCUT2D eigenvalue weighted by molar-refractivity contribution is 5.47. The lowest BCUT2D eigenvalue weighted by molar-refractivity contribution is 0.621. The molecule has 1 heterocycles. The highest BCUT2D eigenvalue weighted by Crippen LogP contribution is 2.18. The number of aromatic amines is 1. The molecule has 84 valence electrons. The smallest absolute Gasteiger partial charge is 0.146 e. The van der Waals surface area contributed by atoms with Gasteiger partial charge in [-0.3, -0.25) is 5.10 Å². The third-order valence-corrected chi connectivity index (χ3v) is 2.32. The molecule has 0 amide bonds. The van der Waals surface area contributed by atoms with E-state index in [1.165, 1.54) is 6.07 Å². The maximum absolute atomic E-state index is 13.5. The highest BCUT2D eigenvalue weighted by Gasteiger charge is 2.08. The van der Waals surface area contributed by atoms with Gasteiger partial charge in [-0.05, 0) is 12.1 Å². The summed E-state index contributed by atoms with van der Waals surface area (Å²) in [4.78, 5) is 1.79. The van der Waals surface area contributed by atoms with Crippen molar-refractivity contribution in [1.82, 2.24) is 10.2 Å². The lowest BCUT2D eigenvalue weighted by Gasteiger charge is -2.18. The zero-order valence-corrected chi connectivity index (χ0v) is 8.94. The maximum atomic E-state index is 13.5. The third kappa shape index (κ3) is 2.13. The molecule has 0 spiro atoms. The van der Waals surface area contributed by atoms with Crippen LogP contribution in [0.5, 0.6) is 0 Å². The van der Waals surface area contributed by atoms with E-state index in [4.69, 9.17) is 5.73 Å². The van der Waals surface area contributed by atoms with Crippen LogP contribution in [0.2, 0.25) is 0 Å². The van der Waals surface area contributed by atoms with Gasteiger partial charge in [0.25, 0.3) is 0 Å². The summed E-state index contributed by atoms with van der Waals surface area (Å²) in [6.45, 7) is 0.533. The molecular weight excluding hydrogens is 207 g/mol. The van der Waals surface area contributed by atoms with E-state index >= 15 is 0 Å². The Morgan fingerprint density at radius 1 is 1.44 bits per heavy atom. The number of nitrogens with zero attached hydrogens (tertiary/aromatic N) is 2. The number of para-hydroxylation sites is 1. The molecule has 2 aromatic rings. The second-order valence-corrected chi connectivity index (χ2v) is 3.63. The molecule has 5 heteroatoms. The minimum atomic E-state index is -0.238. The van der Waals surface area contributed by atoms with E-state index < -0.39 is 0 Å². The molecule has 0 unspecified atom stereocenters. The van der Waals surface area contributed by atoms with Crippen LogP contribution in [0.4, 0.5) is 15.9 Å². The van der Waals surface area contributed by atoms with Crippen LogP contribution in [0.3, 0.4) is 0 Å². The predicted octanol–water partition coefficient (Wildman–Crippen LogP) is 1.77. The Morgan fingerprint density at radius 2 is 2.19 bits per heavy atom. The Kier molecular flexibility index (Phi) is 2.76. The third-order valence-electron chi connectivity index (χ3n) is 2.32. The van der Waals surface area contributed by atoms with E-state index in [0.29, 0.717) is 18.1 Å². The average molecular weight is 220 g/mol. The monoisotopic (exact) mass is 220 g/mol. The standard InChI is InChI=1S/C11H13FN4/c1-16(7-8-6-11(13)15-14-8)10-5-3-2-4-9(10)12/h2-6H,7H2,1H3,(H3,13,14,15). The van der Waals surface area contributed by atoms with Crippen molar-refractivity contribution in [2.75, 3.05) is 17.7 Å². The number of nitrogen functional groups attached to an aromatic ring is 1. The fraction of sp³-hybridized carbons (Fsp3) is 0.182. The number of hydrogen-bond acceptors (Lipinski definition) is 3. The first-order valence-electron chi connectivity index (χ1n) is 4.92. The van der Waals surface area contributed by atoms with Gasteiger partial charge in [-0.1, -0.05) is 12.1 Å². The molecule has 3 N–H and O–H groups in total. The lowest BCUT2D eigenvalue weighted by Crippen LogP contribution is -2.17. The van der Waals surface area contributed by atoms with E-state index in [2.05, 4.69) is 10.2 Å². The van der Waals surface area contributed by atoms with Crippen molar-refractivity contribution in [3.8, 4) is 0 Å². The first-order valence-corrected chi connectivity index (χ1v) is 4.92. The molecule has 2 rings (SSSR count). The molecule has 0 saturated heterocycles. The highest BCUT2D eigenvalue weighted by atomic mass is 19.1. The Bertz CT molecular complexity index is 480. The zero-order valence-electron chi connectivity index (χ0n) is 8.94. The van der Waals surface area contributed by atoms with Gasteiger partial charge in [0.2, 0.25) is 0 Å². The van der Waals surface area contributed by atoms with E-state index in [-0.39, 0.29) is 5.82 Å². The van der Waals surface area contributed by atoms with E-state index in [0.717, 1.165) is 5.69 Å². The molecule has 4 nitrogen and oxygen atoms in total. The lowest BCUT2D eigenvalue weighted by atomic mass is 10.2. The van der Waals surface area contributed by atoms with Gasteiger partial charge < -0.3 is 10.6 Å². The van der Waals surface area contributed by atoms with Crippen molar-refractivity contribution in [3.63, 3.8) is 0 Å². The average Bonchev–Trinajstić information content (AvgIpc) is 2.64. The Hall–Kier alpha value is -2.04. The van der Waals surface area contributed by atoms with Crippen LogP contribution in [0, 0.1) is 5.82 Å². The number of halogens is 1. The van der Waals surface area contributed by atoms with Crippen LogP contribution in [-0.4, -0.2) is 17.2 Å². The summed E-state index contributed by atoms with van der Waals surface area (Å²) in [5, 5.41) is 6.60. The van der Waals surface area contributed by atoms with Crippen molar-refractivity contribution in [1.29, 1.82) is 0 Å².